The Balaban J connectivity index is 0.00000504. The van der Waals surface area contributed by atoms with E-state index >= 15 is 0 Å². The molecule has 1 aliphatic rings. The van der Waals surface area contributed by atoms with E-state index in [2.05, 4.69) is 33.7 Å². The Labute approximate surface area is 301 Å². The first-order valence-electron chi connectivity index (χ1n) is 16.5. The minimum absolute atomic E-state index is 0. The average molecular weight is 720 g/mol. The number of ether oxygens (including phenoxy) is 3. The van der Waals surface area contributed by atoms with Crippen LogP contribution in [0.3, 0.4) is 0 Å². The average Bonchev–Trinajstić information content (AvgIpc) is 3.46. The second-order valence-electron chi connectivity index (χ2n) is 12.1. The van der Waals surface area contributed by atoms with Gasteiger partial charge in [-0.1, -0.05) is 19.1 Å². The molecule has 0 bridgehead atoms. The number of benzene rings is 3. The van der Waals surface area contributed by atoms with Gasteiger partial charge in [-0.3, -0.25) is 14.5 Å². The lowest BCUT2D eigenvalue weighted by molar-refractivity contribution is -0.0498. The summed E-state index contributed by atoms with van der Waals surface area (Å²) in [6.45, 7) is 3.58. The van der Waals surface area contributed by atoms with Crippen LogP contribution < -0.4 is 19.1 Å². The molecule has 3 heterocycles. The number of aromatic nitrogens is 2. The molecule has 51 heavy (non-hydrogen) atoms. The minimum atomic E-state index is -2.94. The number of nitrogens with zero attached hydrogens (tertiary/aromatic N) is 5. The molecule has 0 radical (unpaired) electrons. The van der Waals surface area contributed by atoms with Crippen molar-refractivity contribution in [1.82, 2.24) is 19.4 Å². The predicted octanol–water partition coefficient (Wildman–Crippen LogP) is 7.41. The van der Waals surface area contributed by atoms with Crippen LogP contribution in [0.15, 0.2) is 91.1 Å². The highest BCUT2D eigenvalue weighted by atomic mass is 35.5. The molecule has 3 aromatic carbocycles. The molecule has 0 saturated carbocycles. The maximum Gasteiger partial charge on any atom is 0.387 e. The van der Waals surface area contributed by atoms with Gasteiger partial charge >= 0.3 is 6.61 Å². The Morgan fingerprint density at radius 3 is 2.22 bits per heavy atom. The van der Waals surface area contributed by atoms with Crippen LogP contribution in [0.25, 0.3) is 10.9 Å². The van der Waals surface area contributed by atoms with Gasteiger partial charge in [0.1, 0.15) is 22.9 Å². The number of halogens is 3. The topological polar surface area (TPSA) is 89.4 Å². The molecule has 2 amide bonds. The van der Waals surface area contributed by atoms with Crippen LogP contribution in [-0.2, 0) is 13.6 Å². The molecule has 1 fully saturated rings. The van der Waals surface area contributed by atoms with Crippen molar-refractivity contribution in [2.45, 2.75) is 26.5 Å². The third kappa shape index (κ3) is 8.94. The quantitative estimate of drug-likeness (QED) is 0.133. The summed E-state index contributed by atoms with van der Waals surface area (Å²) >= 11 is 0. The molecular formula is C38H40ClF2N5O5. The van der Waals surface area contributed by atoms with Crippen LogP contribution in [0.4, 0.5) is 14.5 Å². The van der Waals surface area contributed by atoms with Crippen LogP contribution >= 0.6 is 12.4 Å². The van der Waals surface area contributed by atoms with E-state index in [4.69, 9.17) is 9.47 Å². The Morgan fingerprint density at radius 1 is 0.882 bits per heavy atom. The van der Waals surface area contributed by atoms with Crippen molar-refractivity contribution >= 4 is 40.8 Å². The smallest absolute Gasteiger partial charge is 0.387 e. The van der Waals surface area contributed by atoms with Crippen molar-refractivity contribution in [3.05, 3.63) is 108 Å². The molecule has 10 nitrogen and oxygen atoms in total. The Kier molecular flexibility index (Phi) is 12.1. The summed E-state index contributed by atoms with van der Waals surface area (Å²) in [5.41, 5.74) is 3.51. The number of hydrogen-bond donors (Lipinski definition) is 0. The van der Waals surface area contributed by atoms with Gasteiger partial charge in [-0.05, 0) is 72.6 Å². The molecule has 0 atom stereocenters. The number of amides is 2. The van der Waals surface area contributed by atoms with Crippen molar-refractivity contribution in [2.24, 2.45) is 7.05 Å². The highest BCUT2D eigenvalue weighted by molar-refractivity contribution is 6.05. The van der Waals surface area contributed by atoms with E-state index in [1.54, 1.807) is 19.2 Å². The molecule has 0 aliphatic carbocycles. The third-order valence-electron chi connectivity index (χ3n) is 8.66. The molecular weight excluding hydrogens is 680 g/mol. The van der Waals surface area contributed by atoms with Gasteiger partial charge < -0.3 is 28.6 Å². The normalized spacial score (nSPS) is 13.2. The van der Waals surface area contributed by atoms with E-state index in [9.17, 15) is 18.4 Å². The third-order valence-corrected chi connectivity index (χ3v) is 8.66. The van der Waals surface area contributed by atoms with E-state index in [-0.39, 0.29) is 30.0 Å². The summed E-state index contributed by atoms with van der Waals surface area (Å²) in [4.78, 5) is 36.6. The van der Waals surface area contributed by atoms with Crippen LogP contribution in [0.2, 0.25) is 0 Å². The molecule has 0 unspecified atom stereocenters. The second-order valence-corrected chi connectivity index (χ2v) is 12.1. The number of piperazine rings is 1. The fourth-order valence-electron chi connectivity index (χ4n) is 5.86. The number of pyridine rings is 1. The van der Waals surface area contributed by atoms with Crippen LogP contribution in [0.5, 0.6) is 23.1 Å². The number of rotatable bonds is 12. The Hall–Kier alpha value is -5.20. The fourth-order valence-corrected chi connectivity index (χ4v) is 5.86. The number of anilines is 1. The molecule has 2 aromatic heterocycles. The van der Waals surface area contributed by atoms with Gasteiger partial charge in [-0.15, -0.1) is 12.4 Å². The summed E-state index contributed by atoms with van der Waals surface area (Å²) in [7, 11) is 3.47. The molecule has 5 aromatic rings. The molecule has 1 aliphatic heterocycles. The van der Waals surface area contributed by atoms with E-state index in [1.807, 2.05) is 52.9 Å². The van der Waals surface area contributed by atoms with E-state index in [0.717, 1.165) is 42.7 Å². The lowest BCUT2D eigenvalue weighted by Crippen LogP contribution is -2.48. The first kappa shape index (κ1) is 37.1. The summed E-state index contributed by atoms with van der Waals surface area (Å²) in [5.74, 6) is 1.39. The number of aryl methyl sites for hydroxylation is 1. The van der Waals surface area contributed by atoms with Gasteiger partial charge in [0.15, 0.2) is 0 Å². The minimum Gasteiger partial charge on any atom is -0.494 e. The van der Waals surface area contributed by atoms with Gasteiger partial charge in [0.25, 0.3) is 11.8 Å². The van der Waals surface area contributed by atoms with E-state index in [1.165, 1.54) is 40.9 Å². The molecule has 268 valence electrons. The van der Waals surface area contributed by atoms with Crippen molar-refractivity contribution in [3.63, 3.8) is 0 Å². The zero-order valence-corrected chi connectivity index (χ0v) is 29.4. The largest absolute Gasteiger partial charge is 0.494 e. The van der Waals surface area contributed by atoms with Gasteiger partial charge in [-0.2, -0.15) is 8.78 Å². The molecule has 6 rings (SSSR count). The fraction of sp³-hybridized carbons (Fsp3) is 0.289. The standard InChI is InChI=1S/C38H39F2N5O5.ClH/c1-4-21-48-30-11-5-26(6-12-30)25-44-17-19-45(20-18-44)37(47)34-22-28-9-15-32(23-33(28)43(34)3)49-35-16-10-29(24-41-35)42(2)36(46)27-7-13-31(14-8-27)50-38(39)40;/h5-16,22-24,38H,4,17-21,25H2,1-3H3;1H. The van der Waals surface area contributed by atoms with Gasteiger partial charge in [0.05, 0.1) is 24.0 Å². The number of carbonyl (C=O) groups is 2. The summed E-state index contributed by atoms with van der Waals surface area (Å²) in [6.07, 6.45) is 2.49. The number of fused-ring (bicyclic) bond motifs is 1. The van der Waals surface area contributed by atoms with Crippen molar-refractivity contribution in [3.8, 4) is 23.1 Å². The van der Waals surface area contributed by atoms with Gasteiger partial charge in [0.2, 0.25) is 5.88 Å². The zero-order chi connectivity index (χ0) is 35.2. The van der Waals surface area contributed by atoms with Crippen LogP contribution in [0.1, 0.15) is 39.8 Å². The van der Waals surface area contributed by atoms with Crippen molar-refractivity contribution in [2.75, 3.05) is 44.7 Å². The number of carbonyl (C=O) groups excluding carboxylic acids is 2. The Bertz CT molecular complexity index is 1930. The lowest BCUT2D eigenvalue weighted by Gasteiger charge is -2.34. The first-order valence-corrected chi connectivity index (χ1v) is 16.5. The maximum absolute atomic E-state index is 13.6. The highest BCUT2D eigenvalue weighted by Crippen LogP contribution is 2.29. The second kappa shape index (κ2) is 16.7. The summed E-state index contributed by atoms with van der Waals surface area (Å²) in [5, 5.41) is 0.922. The predicted molar refractivity (Wildman–Crippen MR) is 194 cm³/mol. The Morgan fingerprint density at radius 2 is 1.57 bits per heavy atom. The number of hydrogen-bond acceptors (Lipinski definition) is 7. The number of alkyl halides is 2. The summed E-state index contributed by atoms with van der Waals surface area (Å²) in [6, 6.07) is 24.6. The monoisotopic (exact) mass is 719 g/mol. The zero-order valence-electron chi connectivity index (χ0n) is 28.6. The van der Waals surface area contributed by atoms with Crippen molar-refractivity contribution in [1.29, 1.82) is 0 Å². The first-order chi connectivity index (χ1) is 24.2. The molecule has 0 spiro atoms. The van der Waals surface area contributed by atoms with Crippen molar-refractivity contribution < 1.29 is 32.6 Å². The van der Waals surface area contributed by atoms with Gasteiger partial charge in [-0.25, -0.2) is 4.98 Å². The van der Waals surface area contributed by atoms with Crippen LogP contribution in [-0.4, -0.2) is 77.6 Å². The van der Waals surface area contributed by atoms with E-state index in [0.29, 0.717) is 48.3 Å². The molecule has 13 heteroatoms. The highest BCUT2D eigenvalue weighted by Gasteiger charge is 2.25. The van der Waals surface area contributed by atoms with E-state index < -0.39 is 6.61 Å². The summed E-state index contributed by atoms with van der Waals surface area (Å²) < 4.78 is 42.8. The molecule has 0 N–H and O–H groups in total. The maximum atomic E-state index is 13.6. The molecule has 1 saturated heterocycles. The lowest BCUT2D eigenvalue weighted by atomic mass is 10.2. The van der Waals surface area contributed by atoms with Crippen LogP contribution in [0, 0.1) is 0 Å². The van der Waals surface area contributed by atoms with Gasteiger partial charge in [0, 0.05) is 69.9 Å². The SMILES string of the molecule is CCCOc1ccc(CN2CCN(C(=O)c3cc4ccc(Oc5ccc(N(C)C(=O)c6ccc(OC(F)F)cc6)cn5)cc4n3C)CC2)cc1.Cl.